The van der Waals surface area contributed by atoms with E-state index in [9.17, 15) is 19.5 Å². The smallest absolute Gasteiger partial charge is 0.407 e. The lowest BCUT2D eigenvalue weighted by molar-refractivity contribution is -0.142. The molecule has 3 atom stereocenters. The number of carbonyl (C=O) groups excluding carboxylic acids is 2. The molecule has 35 heavy (non-hydrogen) atoms. The first-order valence-corrected chi connectivity index (χ1v) is 12.5. The number of fused-ring (bicyclic) bond motifs is 3. The van der Waals surface area contributed by atoms with Gasteiger partial charge in [-0.25, -0.2) is 9.59 Å². The zero-order valence-electron chi connectivity index (χ0n) is 20.3. The summed E-state index contributed by atoms with van der Waals surface area (Å²) in [5.41, 5.74) is 4.67. The van der Waals surface area contributed by atoms with Crippen molar-refractivity contribution in [2.45, 2.75) is 64.0 Å². The molecule has 0 aliphatic heterocycles. The number of rotatable bonds is 9. The van der Waals surface area contributed by atoms with E-state index in [1.54, 1.807) is 0 Å². The van der Waals surface area contributed by atoms with Gasteiger partial charge in [-0.2, -0.15) is 0 Å². The third-order valence-electron chi connectivity index (χ3n) is 7.12. The minimum Gasteiger partial charge on any atom is -0.480 e. The first-order valence-electron chi connectivity index (χ1n) is 12.5. The summed E-state index contributed by atoms with van der Waals surface area (Å²) in [5.74, 6) is -1.21. The third-order valence-corrected chi connectivity index (χ3v) is 7.12. The van der Waals surface area contributed by atoms with Crippen LogP contribution in [0.25, 0.3) is 11.1 Å². The molecule has 1 fully saturated rings. The maximum atomic E-state index is 12.7. The van der Waals surface area contributed by atoms with Crippen molar-refractivity contribution in [3.05, 3.63) is 59.7 Å². The Morgan fingerprint density at radius 3 is 2.20 bits per heavy atom. The highest BCUT2D eigenvalue weighted by Gasteiger charge is 2.34. The Morgan fingerprint density at radius 2 is 1.60 bits per heavy atom. The molecule has 0 radical (unpaired) electrons. The van der Waals surface area contributed by atoms with Crippen LogP contribution in [-0.4, -0.2) is 41.8 Å². The summed E-state index contributed by atoms with van der Waals surface area (Å²) in [7, 11) is 0. The average molecular weight is 479 g/mol. The zero-order valence-corrected chi connectivity index (χ0v) is 20.3. The second-order valence-corrected chi connectivity index (χ2v) is 10.0. The van der Waals surface area contributed by atoms with Gasteiger partial charge in [0, 0.05) is 17.9 Å². The minimum atomic E-state index is -1.01. The Kier molecular flexibility index (Phi) is 7.73. The lowest BCUT2D eigenvalue weighted by Gasteiger charge is -2.19. The average Bonchev–Trinajstić information content (AvgIpc) is 3.43. The fraction of sp³-hybridized carbons (Fsp3) is 0.464. The van der Waals surface area contributed by atoms with Crippen molar-refractivity contribution in [1.82, 2.24) is 10.6 Å². The van der Waals surface area contributed by atoms with Gasteiger partial charge < -0.3 is 20.5 Å². The first kappa shape index (κ1) is 24.8. The highest BCUT2D eigenvalue weighted by molar-refractivity contribution is 5.85. The Balaban J connectivity index is 1.27. The number of ether oxygens (including phenoxy) is 1. The van der Waals surface area contributed by atoms with Crippen LogP contribution in [0.3, 0.4) is 0 Å². The summed E-state index contributed by atoms with van der Waals surface area (Å²) in [6.07, 6.45) is 2.40. The SMILES string of the molecule is CC(C)CCC(NC(=O)[C@H]1CC[C@@H](NC(=O)OCC2c3ccccc3-c3ccccc32)C1)C(=O)O. The highest BCUT2D eigenvalue weighted by atomic mass is 16.5. The largest absolute Gasteiger partial charge is 0.480 e. The molecular weight excluding hydrogens is 444 g/mol. The molecule has 186 valence electrons. The van der Waals surface area contributed by atoms with E-state index in [-0.39, 0.29) is 30.4 Å². The summed E-state index contributed by atoms with van der Waals surface area (Å²) in [6.45, 7) is 4.29. The fourth-order valence-electron chi connectivity index (χ4n) is 5.20. The standard InChI is InChI=1S/C28H34N2O5/c1-17(2)11-14-25(27(32)33)30-26(31)18-12-13-19(15-18)29-28(34)35-16-24-22-9-5-3-7-20(22)21-8-4-6-10-23(21)24/h3-10,17-19,24-25H,11-16H2,1-2H3,(H,29,34)(H,30,31)(H,32,33)/t18-,19+,25?/m0/s1. The van der Waals surface area contributed by atoms with Crippen LogP contribution < -0.4 is 10.6 Å². The van der Waals surface area contributed by atoms with Gasteiger partial charge >= 0.3 is 12.1 Å². The molecule has 2 aliphatic carbocycles. The van der Waals surface area contributed by atoms with E-state index in [2.05, 4.69) is 34.9 Å². The van der Waals surface area contributed by atoms with Crippen molar-refractivity contribution in [2.75, 3.05) is 6.61 Å². The molecule has 0 heterocycles. The zero-order chi connectivity index (χ0) is 24.9. The van der Waals surface area contributed by atoms with Crippen LogP contribution in [0.4, 0.5) is 4.79 Å². The van der Waals surface area contributed by atoms with Crippen LogP contribution in [0.2, 0.25) is 0 Å². The van der Waals surface area contributed by atoms with Gasteiger partial charge in [0.05, 0.1) is 0 Å². The van der Waals surface area contributed by atoms with Gasteiger partial charge in [0.15, 0.2) is 0 Å². The van der Waals surface area contributed by atoms with E-state index in [0.717, 1.165) is 17.5 Å². The van der Waals surface area contributed by atoms with Gasteiger partial charge in [-0.05, 0) is 60.3 Å². The van der Waals surface area contributed by atoms with Crippen molar-refractivity contribution in [1.29, 1.82) is 0 Å². The number of carboxylic acids is 1. The van der Waals surface area contributed by atoms with Gasteiger partial charge in [0.25, 0.3) is 0 Å². The van der Waals surface area contributed by atoms with Gasteiger partial charge in [0.1, 0.15) is 12.6 Å². The maximum absolute atomic E-state index is 12.7. The van der Waals surface area contributed by atoms with Crippen LogP contribution in [0, 0.1) is 11.8 Å². The van der Waals surface area contributed by atoms with E-state index in [1.807, 2.05) is 38.1 Å². The Labute approximate surface area is 206 Å². The quantitative estimate of drug-likeness (QED) is 0.485. The second kappa shape index (κ2) is 10.9. The number of carboxylic acid groups (broad SMARTS) is 1. The fourth-order valence-corrected chi connectivity index (χ4v) is 5.20. The monoisotopic (exact) mass is 478 g/mol. The molecule has 0 saturated heterocycles. The first-order chi connectivity index (χ1) is 16.8. The van der Waals surface area contributed by atoms with E-state index in [0.29, 0.717) is 31.6 Å². The molecule has 7 nitrogen and oxygen atoms in total. The van der Waals surface area contributed by atoms with E-state index in [1.165, 1.54) is 11.1 Å². The van der Waals surface area contributed by atoms with Crippen molar-refractivity contribution < 1.29 is 24.2 Å². The van der Waals surface area contributed by atoms with Crippen LogP contribution in [-0.2, 0) is 14.3 Å². The molecule has 3 N–H and O–H groups in total. The van der Waals surface area contributed by atoms with E-state index >= 15 is 0 Å². The van der Waals surface area contributed by atoms with Gasteiger partial charge in [-0.3, -0.25) is 4.79 Å². The predicted octanol–water partition coefficient (Wildman–Crippen LogP) is 4.70. The van der Waals surface area contributed by atoms with E-state index < -0.39 is 18.1 Å². The summed E-state index contributed by atoms with van der Waals surface area (Å²) < 4.78 is 5.62. The maximum Gasteiger partial charge on any atom is 0.407 e. The Morgan fingerprint density at radius 1 is 0.971 bits per heavy atom. The van der Waals surface area contributed by atoms with Crippen LogP contribution in [0.15, 0.2) is 48.5 Å². The predicted molar refractivity (Wildman–Crippen MR) is 133 cm³/mol. The molecule has 2 aliphatic rings. The molecule has 2 aromatic rings. The number of alkyl carbamates (subject to hydrolysis) is 1. The lowest BCUT2D eigenvalue weighted by Crippen LogP contribution is -2.43. The molecule has 7 heteroatoms. The molecule has 0 aromatic heterocycles. The van der Waals surface area contributed by atoms with Crippen LogP contribution in [0.1, 0.15) is 63.0 Å². The van der Waals surface area contributed by atoms with Gasteiger partial charge in [0.2, 0.25) is 5.91 Å². The molecular formula is C28H34N2O5. The third kappa shape index (κ3) is 5.84. The number of hydrogen-bond donors (Lipinski definition) is 3. The molecule has 2 aromatic carbocycles. The van der Waals surface area contributed by atoms with E-state index in [4.69, 9.17) is 4.74 Å². The van der Waals surface area contributed by atoms with Gasteiger partial charge in [-0.1, -0.05) is 62.4 Å². The number of aliphatic carboxylic acids is 1. The van der Waals surface area contributed by atoms with Crippen LogP contribution in [0.5, 0.6) is 0 Å². The molecule has 1 unspecified atom stereocenters. The lowest BCUT2D eigenvalue weighted by atomic mass is 9.98. The van der Waals surface area contributed by atoms with Gasteiger partial charge in [-0.15, -0.1) is 0 Å². The van der Waals surface area contributed by atoms with Crippen molar-refractivity contribution in [3.8, 4) is 11.1 Å². The summed E-state index contributed by atoms with van der Waals surface area (Å²) in [6, 6.07) is 15.3. The van der Waals surface area contributed by atoms with Crippen molar-refractivity contribution >= 4 is 18.0 Å². The molecule has 0 bridgehead atoms. The number of carbonyl (C=O) groups is 3. The topological polar surface area (TPSA) is 105 Å². The number of amides is 2. The Hall–Kier alpha value is -3.35. The molecule has 4 rings (SSSR count). The number of benzene rings is 2. The van der Waals surface area contributed by atoms with Crippen molar-refractivity contribution in [3.63, 3.8) is 0 Å². The molecule has 0 spiro atoms. The van der Waals surface area contributed by atoms with Crippen molar-refractivity contribution in [2.24, 2.45) is 11.8 Å². The molecule has 2 amide bonds. The Bertz CT molecular complexity index is 1040. The summed E-state index contributed by atoms with van der Waals surface area (Å²) in [4.78, 5) is 36.7. The normalized spacial score (nSPS) is 19.6. The summed E-state index contributed by atoms with van der Waals surface area (Å²) >= 11 is 0. The van der Waals surface area contributed by atoms with Crippen LogP contribution >= 0.6 is 0 Å². The molecule has 1 saturated carbocycles. The second-order valence-electron chi connectivity index (χ2n) is 10.0. The highest BCUT2D eigenvalue weighted by Crippen LogP contribution is 2.44. The summed E-state index contributed by atoms with van der Waals surface area (Å²) in [5, 5.41) is 15.0. The number of nitrogens with one attached hydrogen (secondary N) is 2. The number of hydrogen-bond acceptors (Lipinski definition) is 4. The minimum absolute atomic E-state index is 0.00551.